The summed E-state index contributed by atoms with van der Waals surface area (Å²) < 4.78 is 7.11. The first-order valence-electron chi connectivity index (χ1n) is 6.86. The van der Waals surface area contributed by atoms with Crippen LogP contribution in [0.1, 0.15) is 11.3 Å². The Morgan fingerprint density at radius 3 is 3.11 bits per heavy atom. The molecule has 3 nitrogen and oxygen atoms in total. The van der Waals surface area contributed by atoms with E-state index in [2.05, 4.69) is 35.2 Å². The summed E-state index contributed by atoms with van der Waals surface area (Å²) in [6.45, 7) is 4.60. The van der Waals surface area contributed by atoms with E-state index in [-0.39, 0.29) is 0 Å². The Kier molecular flexibility index (Phi) is 4.13. The zero-order chi connectivity index (χ0) is 13.1. The van der Waals surface area contributed by atoms with E-state index in [1.807, 2.05) is 11.3 Å². The molecule has 1 atom stereocenters. The van der Waals surface area contributed by atoms with Gasteiger partial charge in [-0.05, 0) is 30.5 Å². The molecule has 0 amide bonds. The van der Waals surface area contributed by atoms with Crippen LogP contribution in [0.3, 0.4) is 0 Å². The summed E-state index contributed by atoms with van der Waals surface area (Å²) in [5.74, 6) is 0. The lowest BCUT2D eigenvalue weighted by Crippen LogP contribution is -2.42. The van der Waals surface area contributed by atoms with Gasteiger partial charge in [-0.3, -0.25) is 4.90 Å². The van der Waals surface area contributed by atoms with Crippen molar-refractivity contribution in [3.8, 4) is 0 Å². The van der Waals surface area contributed by atoms with Gasteiger partial charge in [0.2, 0.25) is 0 Å². The number of ether oxygens (including phenoxy) is 1. The topological polar surface area (TPSA) is 38.5 Å². The summed E-state index contributed by atoms with van der Waals surface area (Å²) in [6.07, 6.45) is 1.27. The SMILES string of the molecule is NCC[C@@H]1CN(Cc2cc3ccccc3s2)CCO1. The molecule has 0 unspecified atom stereocenters. The second-order valence-corrected chi connectivity index (χ2v) is 6.22. The van der Waals surface area contributed by atoms with Gasteiger partial charge in [-0.2, -0.15) is 0 Å². The standard InChI is InChI=1S/C15H20N2OS/c16-6-5-13-10-17(7-8-18-13)11-14-9-12-3-1-2-4-15(12)19-14/h1-4,9,13H,5-8,10-11,16H2/t13-/m1/s1. The molecule has 1 aromatic carbocycles. The molecule has 2 heterocycles. The summed E-state index contributed by atoms with van der Waals surface area (Å²) in [6, 6.07) is 10.9. The van der Waals surface area contributed by atoms with Crippen molar-refractivity contribution in [2.75, 3.05) is 26.2 Å². The molecule has 1 aromatic heterocycles. The van der Waals surface area contributed by atoms with Crippen molar-refractivity contribution in [3.63, 3.8) is 0 Å². The van der Waals surface area contributed by atoms with E-state index in [4.69, 9.17) is 10.5 Å². The number of morpholine rings is 1. The van der Waals surface area contributed by atoms with E-state index < -0.39 is 0 Å². The number of rotatable bonds is 4. The zero-order valence-electron chi connectivity index (χ0n) is 11.0. The van der Waals surface area contributed by atoms with Crippen molar-refractivity contribution in [3.05, 3.63) is 35.2 Å². The van der Waals surface area contributed by atoms with Crippen LogP contribution < -0.4 is 5.73 Å². The molecule has 1 aliphatic heterocycles. The number of thiophene rings is 1. The molecule has 1 saturated heterocycles. The van der Waals surface area contributed by atoms with Gasteiger partial charge in [0.25, 0.3) is 0 Å². The molecule has 4 heteroatoms. The molecule has 0 saturated carbocycles. The predicted molar refractivity (Wildman–Crippen MR) is 80.5 cm³/mol. The van der Waals surface area contributed by atoms with Gasteiger partial charge < -0.3 is 10.5 Å². The number of benzene rings is 1. The van der Waals surface area contributed by atoms with Crippen LogP contribution in [-0.2, 0) is 11.3 Å². The van der Waals surface area contributed by atoms with Crippen LogP contribution in [0.15, 0.2) is 30.3 Å². The largest absolute Gasteiger partial charge is 0.376 e. The highest BCUT2D eigenvalue weighted by Crippen LogP contribution is 2.26. The third kappa shape index (κ3) is 3.15. The molecule has 0 bridgehead atoms. The Morgan fingerprint density at radius 2 is 2.26 bits per heavy atom. The lowest BCUT2D eigenvalue weighted by Gasteiger charge is -2.32. The summed E-state index contributed by atoms with van der Waals surface area (Å²) in [5.41, 5.74) is 5.61. The van der Waals surface area contributed by atoms with E-state index in [1.54, 1.807) is 0 Å². The third-order valence-electron chi connectivity index (χ3n) is 3.57. The van der Waals surface area contributed by atoms with Gasteiger partial charge in [0.15, 0.2) is 0 Å². The minimum atomic E-state index is 0.313. The van der Waals surface area contributed by atoms with Crippen molar-refractivity contribution < 1.29 is 4.74 Å². The van der Waals surface area contributed by atoms with Crippen LogP contribution in [-0.4, -0.2) is 37.2 Å². The molecule has 0 radical (unpaired) electrons. The average Bonchev–Trinajstić information content (AvgIpc) is 2.81. The number of hydrogen-bond acceptors (Lipinski definition) is 4. The van der Waals surface area contributed by atoms with Gasteiger partial charge in [-0.25, -0.2) is 0 Å². The molecule has 2 N–H and O–H groups in total. The maximum absolute atomic E-state index is 5.73. The first-order chi connectivity index (χ1) is 9.35. The smallest absolute Gasteiger partial charge is 0.0714 e. The predicted octanol–water partition coefficient (Wildman–Crippen LogP) is 2.45. The zero-order valence-corrected chi connectivity index (χ0v) is 11.9. The van der Waals surface area contributed by atoms with Gasteiger partial charge >= 0.3 is 0 Å². The maximum Gasteiger partial charge on any atom is 0.0714 e. The highest BCUT2D eigenvalue weighted by atomic mass is 32.1. The highest BCUT2D eigenvalue weighted by molar-refractivity contribution is 7.19. The van der Waals surface area contributed by atoms with Crippen LogP contribution in [0.25, 0.3) is 10.1 Å². The van der Waals surface area contributed by atoms with E-state index >= 15 is 0 Å². The molecule has 2 aromatic rings. The van der Waals surface area contributed by atoms with Crippen LogP contribution in [0, 0.1) is 0 Å². The van der Waals surface area contributed by atoms with Crippen LogP contribution in [0.4, 0.5) is 0 Å². The van der Waals surface area contributed by atoms with Gasteiger partial charge in [0.1, 0.15) is 0 Å². The Hall–Kier alpha value is -0.940. The van der Waals surface area contributed by atoms with Crippen LogP contribution in [0.5, 0.6) is 0 Å². The molecular formula is C15H20N2OS. The van der Waals surface area contributed by atoms with Gasteiger partial charge in [0, 0.05) is 29.2 Å². The summed E-state index contributed by atoms with van der Waals surface area (Å²) in [5, 5.41) is 1.36. The first kappa shape index (κ1) is 13.1. The molecular weight excluding hydrogens is 256 g/mol. The fourth-order valence-electron chi connectivity index (χ4n) is 2.62. The Balaban J connectivity index is 1.67. The Bertz CT molecular complexity index is 505. The van der Waals surface area contributed by atoms with Gasteiger partial charge in [-0.1, -0.05) is 18.2 Å². The molecule has 102 valence electrons. The Labute approximate surface area is 118 Å². The summed E-state index contributed by atoms with van der Waals surface area (Å²) in [7, 11) is 0. The minimum Gasteiger partial charge on any atom is -0.376 e. The van der Waals surface area contributed by atoms with Crippen LogP contribution in [0.2, 0.25) is 0 Å². The van der Waals surface area contributed by atoms with E-state index in [0.29, 0.717) is 12.6 Å². The van der Waals surface area contributed by atoms with Crippen molar-refractivity contribution in [1.82, 2.24) is 4.90 Å². The molecule has 1 aliphatic rings. The second-order valence-electron chi connectivity index (χ2n) is 5.06. The van der Waals surface area contributed by atoms with Crippen molar-refractivity contribution in [2.24, 2.45) is 5.73 Å². The number of fused-ring (bicyclic) bond motifs is 1. The normalized spacial score (nSPS) is 21.0. The van der Waals surface area contributed by atoms with Gasteiger partial charge in [0.05, 0.1) is 12.7 Å². The van der Waals surface area contributed by atoms with Crippen LogP contribution >= 0.6 is 11.3 Å². The number of hydrogen-bond donors (Lipinski definition) is 1. The maximum atomic E-state index is 5.73. The summed E-state index contributed by atoms with van der Waals surface area (Å²) >= 11 is 1.90. The van der Waals surface area contributed by atoms with E-state index in [1.165, 1.54) is 15.0 Å². The van der Waals surface area contributed by atoms with E-state index in [0.717, 1.165) is 32.7 Å². The molecule has 19 heavy (non-hydrogen) atoms. The molecule has 3 rings (SSSR count). The van der Waals surface area contributed by atoms with Crippen molar-refractivity contribution in [2.45, 2.75) is 19.1 Å². The van der Waals surface area contributed by atoms with Gasteiger partial charge in [-0.15, -0.1) is 11.3 Å². The van der Waals surface area contributed by atoms with Crippen molar-refractivity contribution in [1.29, 1.82) is 0 Å². The first-order valence-corrected chi connectivity index (χ1v) is 7.68. The highest BCUT2D eigenvalue weighted by Gasteiger charge is 2.20. The lowest BCUT2D eigenvalue weighted by atomic mass is 10.2. The van der Waals surface area contributed by atoms with Crippen molar-refractivity contribution >= 4 is 21.4 Å². The number of nitrogens with two attached hydrogens (primary N) is 1. The third-order valence-corrected chi connectivity index (χ3v) is 4.67. The number of nitrogens with zero attached hydrogens (tertiary/aromatic N) is 1. The minimum absolute atomic E-state index is 0.313. The monoisotopic (exact) mass is 276 g/mol. The Morgan fingerprint density at radius 1 is 1.37 bits per heavy atom. The fraction of sp³-hybridized carbons (Fsp3) is 0.467. The average molecular weight is 276 g/mol. The molecule has 0 aliphatic carbocycles. The fourth-order valence-corrected chi connectivity index (χ4v) is 3.73. The molecule has 1 fully saturated rings. The molecule has 0 spiro atoms. The summed E-state index contributed by atoms with van der Waals surface area (Å²) in [4.78, 5) is 3.92. The second kappa shape index (κ2) is 6.01. The quantitative estimate of drug-likeness (QED) is 0.932. The lowest BCUT2D eigenvalue weighted by molar-refractivity contribution is -0.0332. The van der Waals surface area contributed by atoms with E-state index in [9.17, 15) is 0 Å².